The van der Waals surface area contributed by atoms with Gasteiger partial charge in [0.05, 0.1) is 6.42 Å². The molecule has 28 heavy (non-hydrogen) atoms. The average Bonchev–Trinajstić information content (AvgIpc) is 2.88. The summed E-state index contributed by atoms with van der Waals surface area (Å²) in [6, 6.07) is 0. The Balaban J connectivity index is 0.00000729. The third kappa shape index (κ3) is 10.3. The molecule has 156 valence electrons. The first-order chi connectivity index (χ1) is 12.8. The van der Waals surface area contributed by atoms with Crippen molar-refractivity contribution in [2.45, 2.75) is 95.6 Å². The Bertz CT molecular complexity index is 609. The fourth-order valence-electron chi connectivity index (χ4n) is 2.98. The van der Waals surface area contributed by atoms with Gasteiger partial charge in [-0.15, -0.1) is 5.06 Å². The number of unbranched alkanes of at least 4 members (excludes halogenated alkanes) is 10. The van der Waals surface area contributed by atoms with E-state index in [-0.39, 0.29) is 41.0 Å². The van der Waals surface area contributed by atoms with Crippen molar-refractivity contribution in [3.63, 3.8) is 0 Å². The van der Waals surface area contributed by atoms with Gasteiger partial charge in [-0.1, -0.05) is 71.1 Å². The SMILES string of the molecule is CCCCCCCCCCCCCC(=O)ON1C(=O)CC(S(=O)(=O)[O-])C1=O.[Na+]. The Labute approximate surface area is 189 Å². The van der Waals surface area contributed by atoms with Gasteiger partial charge in [-0.2, -0.15) is 0 Å². The molecule has 1 aliphatic rings. The number of hydrogen-bond acceptors (Lipinski definition) is 7. The number of carbonyl (C=O) groups is 3. The Morgan fingerprint density at radius 3 is 1.89 bits per heavy atom. The summed E-state index contributed by atoms with van der Waals surface area (Å²) in [4.78, 5) is 39.6. The molecule has 8 nitrogen and oxygen atoms in total. The smallest absolute Gasteiger partial charge is 0.747 e. The topological polar surface area (TPSA) is 121 Å². The molecule has 0 aromatic carbocycles. The van der Waals surface area contributed by atoms with Crippen LogP contribution in [0.2, 0.25) is 0 Å². The average molecular weight is 427 g/mol. The molecule has 0 aromatic heterocycles. The van der Waals surface area contributed by atoms with E-state index in [1.807, 2.05) is 0 Å². The number of carbonyl (C=O) groups excluding carboxylic acids is 3. The van der Waals surface area contributed by atoms with Crippen LogP contribution in [0.15, 0.2) is 0 Å². The number of imide groups is 1. The quantitative estimate of drug-likeness (QED) is 0.163. The van der Waals surface area contributed by atoms with Gasteiger partial charge >= 0.3 is 35.5 Å². The van der Waals surface area contributed by atoms with Crippen LogP contribution in [0, 0.1) is 0 Å². The molecule has 0 aliphatic carbocycles. The summed E-state index contributed by atoms with van der Waals surface area (Å²) in [5.74, 6) is -3.06. The van der Waals surface area contributed by atoms with Crippen LogP contribution in [-0.4, -0.2) is 41.1 Å². The van der Waals surface area contributed by atoms with Crippen LogP contribution in [0.3, 0.4) is 0 Å². The van der Waals surface area contributed by atoms with Gasteiger partial charge in [0.1, 0.15) is 15.4 Å². The van der Waals surface area contributed by atoms with Crippen molar-refractivity contribution < 1.29 is 61.7 Å². The maximum Gasteiger partial charge on any atom is 1.00 e. The van der Waals surface area contributed by atoms with Crippen molar-refractivity contribution in [3.05, 3.63) is 0 Å². The van der Waals surface area contributed by atoms with Crippen LogP contribution in [0.25, 0.3) is 0 Å². The Kier molecular flexibility index (Phi) is 14.2. The molecule has 0 bridgehead atoms. The fraction of sp³-hybridized carbons (Fsp3) is 0.833. The van der Waals surface area contributed by atoms with E-state index in [0.29, 0.717) is 6.42 Å². The standard InChI is InChI=1S/C18H31NO7S.Na/c1-2-3-4-5-6-7-8-9-10-11-12-13-17(21)26-19-16(20)14-15(18(19)22)27(23,24)25;/h15H,2-14H2,1H3,(H,23,24,25);/q;+1/p-1. The van der Waals surface area contributed by atoms with E-state index in [1.54, 1.807) is 0 Å². The van der Waals surface area contributed by atoms with Crippen molar-refractivity contribution >= 4 is 27.9 Å². The zero-order chi connectivity index (χ0) is 20.3. The van der Waals surface area contributed by atoms with E-state index >= 15 is 0 Å². The van der Waals surface area contributed by atoms with Crippen molar-refractivity contribution in [3.8, 4) is 0 Å². The van der Waals surface area contributed by atoms with Gasteiger partial charge < -0.3 is 9.39 Å². The molecule has 0 spiro atoms. The predicted octanol–water partition coefficient (Wildman–Crippen LogP) is -0.178. The molecule has 1 fully saturated rings. The summed E-state index contributed by atoms with van der Waals surface area (Å²) < 4.78 is 32.7. The number of nitrogens with zero attached hydrogens (tertiary/aromatic N) is 1. The molecular formula is C18H30NNaO7S. The predicted molar refractivity (Wildman–Crippen MR) is 97.1 cm³/mol. The third-order valence-electron chi connectivity index (χ3n) is 4.59. The molecule has 0 radical (unpaired) electrons. The fourth-order valence-corrected chi connectivity index (χ4v) is 3.67. The second kappa shape index (κ2) is 14.5. The van der Waals surface area contributed by atoms with Gasteiger partial charge in [-0.3, -0.25) is 9.59 Å². The number of rotatable bonds is 14. The van der Waals surface area contributed by atoms with E-state index < -0.39 is 39.6 Å². The Hall–Kier alpha value is -0.480. The molecule has 1 aliphatic heterocycles. The maximum absolute atomic E-state index is 11.7. The zero-order valence-corrected chi connectivity index (χ0v) is 19.8. The summed E-state index contributed by atoms with van der Waals surface area (Å²) in [7, 11) is -4.95. The van der Waals surface area contributed by atoms with Crippen LogP contribution in [0.1, 0.15) is 90.4 Å². The monoisotopic (exact) mass is 427 g/mol. The van der Waals surface area contributed by atoms with Crippen molar-refractivity contribution in [2.75, 3.05) is 0 Å². The van der Waals surface area contributed by atoms with Gasteiger partial charge in [-0.05, 0) is 6.42 Å². The first kappa shape index (κ1) is 27.5. The van der Waals surface area contributed by atoms with Crippen LogP contribution >= 0.6 is 0 Å². The van der Waals surface area contributed by atoms with Crippen molar-refractivity contribution in [1.82, 2.24) is 5.06 Å². The molecule has 0 N–H and O–H groups in total. The van der Waals surface area contributed by atoms with Crippen molar-refractivity contribution in [2.24, 2.45) is 0 Å². The van der Waals surface area contributed by atoms with E-state index in [2.05, 4.69) is 11.8 Å². The van der Waals surface area contributed by atoms with E-state index in [1.165, 1.54) is 44.9 Å². The number of hydroxylamine groups is 2. The Morgan fingerprint density at radius 2 is 1.46 bits per heavy atom. The zero-order valence-electron chi connectivity index (χ0n) is 17.0. The largest absolute Gasteiger partial charge is 1.00 e. The summed E-state index contributed by atoms with van der Waals surface area (Å²) >= 11 is 0. The van der Waals surface area contributed by atoms with Crippen LogP contribution in [0.5, 0.6) is 0 Å². The first-order valence-electron chi connectivity index (χ1n) is 9.79. The van der Waals surface area contributed by atoms with Crippen LogP contribution < -0.4 is 29.6 Å². The van der Waals surface area contributed by atoms with Gasteiger partial charge in [0.15, 0.2) is 0 Å². The summed E-state index contributed by atoms with van der Waals surface area (Å²) in [5, 5.41) is -1.89. The van der Waals surface area contributed by atoms with Gasteiger partial charge in [0.2, 0.25) is 0 Å². The minimum Gasteiger partial charge on any atom is -0.747 e. The number of hydrogen-bond donors (Lipinski definition) is 0. The summed E-state index contributed by atoms with van der Waals surface area (Å²) in [6.07, 6.45) is 11.6. The molecule has 1 saturated heterocycles. The summed E-state index contributed by atoms with van der Waals surface area (Å²) in [5.41, 5.74) is 0. The molecular weight excluding hydrogens is 397 g/mol. The van der Waals surface area contributed by atoms with Gasteiger partial charge in [0, 0.05) is 6.42 Å². The first-order valence-corrected chi connectivity index (χ1v) is 11.3. The molecule has 1 atom stereocenters. The van der Waals surface area contributed by atoms with Crippen LogP contribution in [-0.2, 0) is 29.3 Å². The molecule has 1 rings (SSSR count). The summed E-state index contributed by atoms with van der Waals surface area (Å²) in [6.45, 7) is 2.20. The Morgan fingerprint density at radius 1 is 1.00 bits per heavy atom. The van der Waals surface area contributed by atoms with E-state index in [9.17, 15) is 27.4 Å². The van der Waals surface area contributed by atoms with E-state index in [4.69, 9.17) is 0 Å². The minimum absolute atomic E-state index is 0. The van der Waals surface area contributed by atoms with Crippen molar-refractivity contribution in [1.29, 1.82) is 0 Å². The third-order valence-corrected chi connectivity index (χ3v) is 5.65. The minimum atomic E-state index is -4.95. The molecule has 10 heteroatoms. The molecule has 0 aromatic rings. The van der Waals surface area contributed by atoms with E-state index in [0.717, 1.165) is 19.3 Å². The van der Waals surface area contributed by atoms with Gasteiger partial charge in [0.25, 0.3) is 11.8 Å². The second-order valence-corrected chi connectivity index (χ2v) is 8.52. The van der Waals surface area contributed by atoms with Crippen LogP contribution in [0.4, 0.5) is 0 Å². The maximum atomic E-state index is 11.7. The molecule has 1 heterocycles. The molecule has 2 amide bonds. The number of amides is 2. The molecule has 1 unspecified atom stereocenters. The molecule has 0 saturated carbocycles. The van der Waals surface area contributed by atoms with Gasteiger partial charge in [-0.25, -0.2) is 13.2 Å². The normalized spacial score (nSPS) is 16.9. The second-order valence-electron chi connectivity index (χ2n) is 6.96.